The minimum absolute atomic E-state index is 0.276. The number of aryl methyl sites for hydroxylation is 1. The van der Waals surface area contributed by atoms with Crippen LogP contribution in [0.5, 0.6) is 0 Å². The van der Waals surface area contributed by atoms with Gasteiger partial charge in [0.15, 0.2) is 0 Å². The molecule has 7 heteroatoms. The summed E-state index contributed by atoms with van der Waals surface area (Å²) in [5.74, 6) is 0.576. The van der Waals surface area contributed by atoms with Crippen LogP contribution in [0.25, 0.3) is 11.0 Å². The van der Waals surface area contributed by atoms with E-state index in [9.17, 15) is 9.59 Å². The molecule has 0 N–H and O–H groups in total. The second kappa shape index (κ2) is 5.62. The van der Waals surface area contributed by atoms with Crippen LogP contribution >= 0.6 is 0 Å². The average molecular weight is 336 g/mol. The molecule has 0 unspecified atom stereocenters. The highest BCUT2D eigenvalue weighted by molar-refractivity contribution is 5.99. The quantitative estimate of drug-likeness (QED) is 0.682. The van der Waals surface area contributed by atoms with Gasteiger partial charge in [-0.2, -0.15) is 0 Å². The van der Waals surface area contributed by atoms with Gasteiger partial charge in [-0.05, 0) is 31.2 Å². The van der Waals surface area contributed by atoms with Crippen LogP contribution in [0.15, 0.2) is 48.5 Å². The maximum absolute atomic E-state index is 13.0. The number of rotatable bonds is 1. The summed E-state index contributed by atoms with van der Waals surface area (Å²) in [4.78, 5) is 29.9. The second-order valence-corrected chi connectivity index (χ2v) is 5.81. The molecule has 1 aliphatic rings. The Bertz CT molecular complexity index is 978. The fourth-order valence-electron chi connectivity index (χ4n) is 2.98. The summed E-state index contributed by atoms with van der Waals surface area (Å²) in [5.41, 5.74) is 3.17. The smallest absolute Gasteiger partial charge is 0.437 e. The van der Waals surface area contributed by atoms with Crippen LogP contribution in [0.4, 0.5) is 15.3 Å². The topological polar surface area (TPSA) is 67.7 Å². The molecule has 0 fully saturated rings. The van der Waals surface area contributed by atoms with Gasteiger partial charge in [0.2, 0.25) is 0 Å². The van der Waals surface area contributed by atoms with Crippen molar-refractivity contribution in [3.05, 3.63) is 59.9 Å². The van der Waals surface area contributed by atoms with Crippen molar-refractivity contribution >= 4 is 28.8 Å². The molecule has 126 valence electrons. The van der Waals surface area contributed by atoms with Crippen LogP contribution in [0.1, 0.15) is 11.4 Å². The van der Waals surface area contributed by atoms with E-state index in [1.807, 2.05) is 49.4 Å². The van der Waals surface area contributed by atoms with Crippen molar-refractivity contribution in [3.8, 4) is 0 Å². The molecule has 1 aliphatic heterocycles. The molecule has 25 heavy (non-hydrogen) atoms. The Kier molecular flexibility index (Phi) is 3.42. The predicted molar refractivity (Wildman–Crippen MR) is 92.1 cm³/mol. The van der Waals surface area contributed by atoms with E-state index in [0.717, 1.165) is 10.6 Å². The van der Waals surface area contributed by atoms with Crippen LogP contribution in [0, 0.1) is 6.92 Å². The number of amides is 2. The first-order valence-corrected chi connectivity index (χ1v) is 7.83. The lowest BCUT2D eigenvalue weighted by Crippen LogP contribution is -2.55. The maximum atomic E-state index is 13.0. The Morgan fingerprint density at radius 1 is 1.12 bits per heavy atom. The molecule has 0 saturated heterocycles. The SMILES string of the molecule is COC(=O)N1C(=O)n2c(nc3ccccc32)CN1c1ccc(C)cc1. The van der Waals surface area contributed by atoms with Crippen molar-refractivity contribution in [2.45, 2.75) is 13.5 Å². The number of carbonyl (C=O) groups excluding carboxylic acids is 2. The summed E-state index contributed by atoms with van der Waals surface area (Å²) < 4.78 is 6.29. The Balaban J connectivity index is 1.88. The standard InChI is InChI=1S/C18H16N4O3/c1-12-7-9-13(10-8-12)20-11-16-19-14-5-3-4-6-15(14)21(16)17(23)22(20)18(24)25-2/h3-10H,11H2,1-2H3. The predicted octanol–water partition coefficient (Wildman–Crippen LogP) is 3.32. The van der Waals surface area contributed by atoms with E-state index in [2.05, 4.69) is 4.98 Å². The Morgan fingerprint density at radius 3 is 2.56 bits per heavy atom. The van der Waals surface area contributed by atoms with Crippen LogP contribution in [-0.4, -0.2) is 33.8 Å². The number of hydrogen-bond acceptors (Lipinski definition) is 5. The largest absolute Gasteiger partial charge is 0.451 e. The number of hydrogen-bond donors (Lipinski definition) is 0. The van der Waals surface area contributed by atoms with E-state index >= 15 is 0 Å². The molecule has 3 aromatic rings. The molecule has 0 atom stereocenters. The van der Waals surface area contributed by atoms with E-state index < -0.39 is 12.1 Å². The third-order valence-electron chi connectivity index (χ3n) is 4.21. The molecule has 4 rings (SSSR count). The molecule has 7 nitrogen and oxygen atoms in total. The maximum Gasteiger partial charge on any atom is 0.437 e. The molecule has 2 amide bonds. The van der Waals surface area contributed by atoms with Crippen molar-refractivity contribution in [1.82, 2.24) is 14.6 Å². The van der Waals surface area contributed by atoms with Gasteiger partial charge in [0, 0.05) is 0 Å². The number of anilines is 1. The van der Waals surface area contributed by atoms with Crippen LogP contribution in [-0.2, 0) is 11.3 Å². The highest BCUT2D eigenvalue weighted by Gasteiger charge is 2.38. The lowest BCUT2D eigenvalue weighted by Gasteiger charge is -2.37. The lowest BCUT2D eigenvalue weighted by molar-refractivity contribution is 0.121. The molecule has 0 radical (unpaired) electrons. The van der Waals surface area contributed by atoms with Gasteiger partial charge in [0.25, 0.3) is 0 Å². The molecular formula is C18H16N4O3. The lowest BCUT2D eigenvalue weighted by atomic mass is 10.2. The molecule has 2 aromatic carbocycles. The number of methoxy groups -OCH3 is 1. The Hall–Kier alpha value is -3.35. The summed E-state index contributed by atoms with van der Waals surface area (Å²) in [6.45, 7) is 2.25. The fourth-order valence-corrected chi connectivity index (χ4v) is 2.98. The van der Waals surface area contributed by atoms with Crippen molar-refractivity contribution in [1.29, 1.82) is 0 Å². The van der Waals surface area contributed by atoms with E-state index in [1.54, 1.807) is 11.1 Å². The first kappa shape index (κ1) is 15.2. The minimum Gasteiger partial charge on any atom is -0.451 e. The minimum atomic E-state index is -0.742. The van der Waals surface area contributed by atoms with Gasteiger partial charge < -0.3 is 4.74 Å². The van der Waals surface area contributed by atoms with E-state index in [4.69, 9.17) is 4.74 Å². The van der Waals surface area contributed by atoms with Crippen molar-refractivity contribution in [2.24, 2.45) is 0 Å². The molecule has 0 bridgehead atoms. The average Bonchev–Trinajstić information content (AvgIpc) is 3.00. The van der Waals surface area contributed by atoms with Gasteiger partial charge in [-0.25, -0.2) is 19.1 Å². The second-order valence-electron chi connectivity index (χ2n) is 5.81. The summed E-state index contributed by atoms with van der Waals surface area (Å²) in [5, 5.41) is 2.58. The third kappa shape index (κ3) is 2.32. The molecule has 0 aliphatic carbocycles. The fraction of sp³-hybridized carbons (Fsp3) is 0.167. The number of ether oxygens (including phenoxy) is 1. The molecule has 0 saturated carbocycles. The van der Waals surface area contributed by atoms with Gasteiger partial charge >= 0.3 is 12.1 Å². The first-order valence-electron chi connectivity index (χ1n) is 7.83. The van der Waals surface area contributed by atoms with Crippen LogP contribution < -0.4 is 5.01 Å². The number of carbonyl (C=O) groups is 2. The van der Waals surface area contributed by atoms with Crippen LogP contribution in [0.3, 0.4) is 0 Å². The molecule has 0 spiro atoms. The normalized spacial score (nSPS) is 13.9. The Labute approximate surface area is 144 Å². The number of hydrazine groups is 1. The molecule has 1 aromatic heterocycles. The number of aromatic nitrogens is 2. The summed E-state index contributed by atoms with van der Waals surface area (Å²) in [7, 11) is 1.25. The number of imide groups is 1. The van der Waals surface area contributed by atoms with E-state index in [0.29, 0.717) is 22.5 Å². The van der Waals surface area contributed by atoms with Gasteiger partial charge in [0.05, 0.1) is 30.4 Å². The van der Waals surface area contributed by atoms with E-state index in [-0.39, 0.29) is 6.54 Å². The number of fused-ring (bicyclic) bond motifs is 3. The van der Waals surface area contributed by atoms with Gasteiger partial charge in [-0.3, -0.25) is 5.01 Å². The number of imidazole rings is 1. The highest BCUT2D eigenvalue weighted by atomic mass is 16.5. The third-order valence-corrected chi connectivity index (χ3v) is 4.21. The summed E-state index contributed by atoms with van der Waals surface area (Å²) in [6.07, 6.45) is -0.742. The van der Waals surface area contributed by atoms with Gasteiger partial charge in [-0.15, -0.1) is 5.01 Å². The monoisotopic (exact) mass is 336 g/mol. The van der Waals surface area contributed by atoms with Gasteiger partial charge in [0.1, 0.15) is 5.82 Å². The van der Waals surface area contributed by atoms with Crippen molar-refractivity contribution in [2.75, 3.05) is 12.1 Å². The summed E-state index contributed by atoms with van der Waals surface area (Å²) >= 11 is 0. The zero-order valence-electron chi connectivity index (χ0n) is 13.8. The van der Waals surface area contributed by atoms with Crippen molar-refractivity contribution < 1.29 is 14.3 Å². The molecule has 2 heterocycles. The van der Waals surface area contributed by atoms with Gasteiger partial charge in [-0.1, -0.05) is 29.8 Å². The van der Waals surface area contributed by atoms with E-state index in [1.165, 1.54) is 11.7 Å². The van der Waals surface area contributed by atoms with Crippen LogP contribution in [0.2, 0.25) is 0 Å². The Morgan fingerprint density at radius 2 is 1.84 bits per heavy atom. The highest BCUT2D eigenvalue weighted by Crippen LogP contribution is 2.28. The number of benzene rings is 2. The summed E-state index contributed by atoms with van der Waals surface area (Å²) in [6, 6.07) is 14.4. The molecular weight excluding hydrogens is 320 g/mol. The van der Waals surface area contributed by atoms with Crippen molar-refractivity contribution in [3.63, 3.8) is 0 Å². The number of para-hydroxylation sites is 2. The number of nitrogens with zero attached hydrogens (tertiary/aromatic N) is 4. The first-order chi connectivity index (χ1) is 12.1. The zero-order chi connectivity index (χ0) is 17.6. The zero-order valence-corrected chi connectivity index (χ0v) is 13.8.